The second-order valence-electron chi connectivity index (χ2n) is 6.92. The molecule has 0 amide bonds. The van der Waals surface area contributed by atoms with Gasteiger partial charge in [0.05, 0.1) is 13.2 Å². The number of carbonyl (C=O) groups excluding carboxylic acids is 1. The average Bonchev–Trinajstić information content (AvgIpc) is 3.10. The molecule has 3 heterocycles. The standard InChI is InChI=1S/C16H18F2N6O5/c17-6-2-1-3-7(18)10(6)12(26)29-9-4-24-14(20)21-8(5-25)11-15(24,16(9,27)28)23-13(19)22-11/h1-3,8-9,11,25,27-28H,4-5H2,(H2,20,21)(H3,19,22,23)/t8-,9-,11-,15-/m0/s1. The lowest BCUT2D eigenvalue weighted by Gasteiger charge is -2.48. The molecule has 0 bridgehead atoms. The number of nitrogens with zero attached hydrogens (tertiary/aromatic N) is 3. The van der Waals surface area contributed by atoms with E-state index in [1.54, 1.807) is 0 Å². The van der Waals surface area contributed by atoms with Gasteiger partial charge in [0.1, 0.15) is 29.3 Å². The van der Waals surface area contributed by atoms with Gasteiger partial charge in [-0.25, -0.2) is 23.6 Å². The molecule has 156 valence electrons. The SMILES string of the molecule is NC1=N[C@H]2[C@H](CO)N=C(N)N3C[C@H](OC(=O)c4c(F)cccc4F)C(O)(O)[C@]23N1. The van der Waals surface area contributed by atoms with Crippen molar-refractivity contribution >= 4 is 17.9 Å². The number of benzene rings is 1. The molecule has 0 aromatic heterocycles. The minimum absolute atomic E-state index is 0.178. The molecule has 0 unspecified atom stereocenters. The maximum absolute atomic E-state index is 13.9. The van der Waals surface area contributed by atoms with E-state index in [0.717, 1.165) is 18.2 Å². The summed E-state index contributed by atoms with van der Waals surface area (Å²) in [7, 11) is 0. The number of nitrogens with one attached hydrogen (secondary N) is 1. The number of aliphatic hydroxyl groups is 3. The zero-order valence-electron chi connectivity index (χ0n) is 14.8. The fourth-order valence-corrected chi connectivity index (χ4v) is 4.05. The number of nitrogens with two attached hydrogens (primary N) is 2. The van der Waals surface area contributed by atoms with Crippen LogP contribution in [0.25, 0.3) is 0 Å². The fraction of sp³-hybridized carbons (Fsp3) is 0.438. The maximum atomic E-state index is 13.9. The van der Waals surface area contributed by atoms with E-state index in [-0.39, 0.29) is 11.9 Å². The third kappa shape index (κ3) is 2.47. The maximum Gasteiger partial charge on any atom is 0.344 e. The molecule has 29 heavy (non-hydrogen) atoms. The number of hydrogen-bond donors (Lipinski definition) is 6. The Morgan fingerprint density at radius 3 is 2.59 bits per heavy atom. The summed E-state index contributed by atoms with van der Waals surface area (Å²) in [5, 5.41) is 34.1. The number of aliphatic hydroxyl groups excluding tert-OH is 1. The first-order valence-corrected chi connectivity index (χ1v) is 8.56. The quantitative estimate of drug-likeness (QED) is 0.225. The van der Waals surface area contributed by atoms with Gasteiger partial charge in [0.15, 0.2) is 23.7 Å². The molecule has 8 N–H and O–H groups in total. The first kappa shape index (κ1) is 19.3. The molecule has 1 spiro atoms. The molecule has 11 nitrogen and oxygen atoms in total. The van der Waals surface area contributed by atoms with Gasteiger partial charge in [-0.05, 0) is 12.1 Å². The molecule has 13 heteroatoms. The molecule has 0 radical (unpaired) electrons. The molecule has 1 saturated heterocycles. The van der Waals surface area contributed by atoms with E-state index in [0.29, 0.717) is 0 Å². The first-order valence-electron chi connectivity index (χ1n) is 8.56. The van der Waals surface area contributed by atoms with Crippen LogP contribution in [0.2, 0.25) is 0 Å². The summed E-state index contributed by atoms with van der Waals surface area (Å²) >= 11 is 0. The molecule has 0 saturated carbocycles. The molecule has 4 atom stereocenters. The summed E-state index contributed by atoms with van der Waals surface area (Å²) < 4.78 is 32.8. The number of rotatable bonds is 3. The molecule has 1 aromatic rings. The first-order chi connectivity index (χ1) is 13.6. The minimum Gasteiger partial charge on any atom is -0.451 e. The molecule has 3 aliphatic rings. The molecule has 1 fully saturated rings. The van der Waals surface area contributed by atoms with Crippen molar-refractivity contribution in [3.05, 3.63) is 35.4 Å². The van der Waals surface area contributed by atoms with Crippen LogP contribution in [0.15, 0.2) is 28.2 Å². The number of ether oxygens (including phenoxy) is 1. The summed E-state index contributed by atoms with van der Waals surface area (Å²) in [6.45, 7) is -0.922. The Balaban J connectivity index is 1.71. The minimum atomic E-state index is -2.87. The van der Waals surface area contributed by atoms with Crippen molar-refractivity contribution in [3.8, 4) is 0 Å². The van der Waals surface area contributed by atoms with Crippen LogP contribution in [0.4, 0.5) is 8.78 Å². The van der Waals surface area contributed by atoms with Gasteiger partial charge in [0.2, 0.25) is 5.79 Å². The van der Waals surface area contributed by atoms with Crippen LogP contribution in [-0.4, -0.2) is 80.9 Å². The summed E-state index contributed by atoms with van der Waals surface area (Å²) in [4.78, 5) is 21.7. The van der Waals surface area contributed by atoms with Gasteiger partial charge in [-0.15, -0.1) is 0 Å². The summed E-state index contributed by atoms with van der Waals surface area (Å²) in [6, 6.07) is 0.737. The van der Waals surface area contributed by atoms with Gasteiger partial charge in [0.25, 0.3) is 0 Å². The van der Waals surface area contributed by atoms with E-state index in [9.17, 15) is 28.9 Å². The van der Waals surface area contributed by atoms with Crippen molar-refractivity contribution in [1.82, 2.24) is 10.2 Å². The molecular weight excluding hydrogens is 394 g/mol. The number of guanidine groups is 2. The number of hydrogen-bond acceptors (Lipinski definition) is 11. The lowest BCUT2D eigenvalue weighted by molar-refractivity contribution is -0.257. The zero-order chi connectivity index (χ0) is 21.1. The Morgan fingerprint density at radius 1 is 1.31 bits per heavy atom. The van der Waals surface area contributed by atoms with Crippen molar-refractivity contribution < 1.29 is 33.6 Å². The number of halogens is 2. The van der Waals surface area contributed by atoms with Crippen molar-refractivity contribution in [3.63, 3.8) is 0 Å². The molecule has 1 aromatic carbocycles. The molecular formula is C16H18F2N6O5. The van der Waals surface area contributed by atoms with E-state index in [1.807, 2.05) is 0 Å². The summed E-state index contributed by atoms with van der Waals surface area (Å²) in [6.07, 6.45) is -1.71. The van der Waals surface area contributed by atoms with Crippen molar-refractivity contribution in [1.29, 1.82) is 0 Å². The van der Waals surface area contributed by atoms with Crippen molar-refractivity contribution in [2.24, 2.45) is 21.5 Å². The summed E-state index contributed by atoms with van der Waals surface area (Å²) in [5.74, 6) is -7.02. The molecule has 0 aliphatic carbocycles. The summed E-state index contributed by atoms with van der Waals surface area (Å²) in [5.41, 5.74) is 8.73. The van der Waals surface area contributed by atoms with Crippen molar-refractivity contribution in [2.45, 2.75) is 29.6 Å². The predicted molar refractivity (Wildman–Crippen MR) is 93.2 cm³/mol. The Hall–Kier alpha value is -3.03. The van der Waals surface area contributed by atoms with E-state index in [4.69, 9.17) is 16.2 Å². The monoisotopic (exact) mass is 412 g/mol. The van der Waals surface area contributed by atoms with Gasteiger partial charge in [-0.3, -0.25) is 0 Å². The largest absolute Gasteiger partial charge is 0.451 e. The molecule has 3 aliphatic heterocycles. The lowest BCUT2D eigenvalue weighted by Crippen LogP contribution is -2.77. The van der Waals surface area contributed by atoms with Gasteiger partial charge in [-0.2, -0.15) is 0 Å². The second kappa shape index (κ2) is 6.23. The van der Waals surface area contributed by atoms with Gasteiger partial charge in [-0.1, -0.05) is 6.07 Å². The number of esters is 1. The van der Waals surface area contributed by atoms with Crippen LogP contribution >= 0.6 is 0 Å². The third-order valence-electron chi connectivity index (χ3n) is 5.35. The van der Waals surface area contributed by atoms with E-state index in [2.05, 4.69) is 15.3 Å². The van der Waals surface area contributed by atoms with Gasteiger partial charge >= 0.3 is 5.97 Å². The van der Waals surface area contributed by atoms with Crippen LogP contribution in [0, 0.1) is 11.6 Å². The highest BCUT2D eigenvalue weighted by atomic mass is 19.1. The highest BCUT2D eigenvalue weighted by Crippen LogP contribution is 2.45. The van der Waals surface area contributed by atoms with Crippen LogP contribution < -0.4 is 16.8 Å². The molecule has 4 rings (SSSR count). The Kier molecular flexibility index (Phi) is 4.15. The topological polar surface area (TPSA) is 179 Å². The normalized spacial score (nSPS) is 32.0. The predicted octanol–water partition coefficient (Wildman–Crippen LogP) is -2.84. The van der Waals surface area contributed by atoms with E-state index >= 15 is 0 Å². The highest BCUT2D eigenvalue weighted by molar-refractivity contribution is 5.91. The lowest BCUT2D eigenvalue weighted by atomic mass is 9.86. The van der Waals surface area contributed by atoms with Crippen LogP contribution in [0.3, 0.4) is 0 Å². The third-order valence-corrected chi connectivity index (χ3v) is 5.35. The fourth-order valence-electron chi connectivity index (χ4n) is 4.05. The number of carbonyl (C=O) groups is 1. The Labute approximate surface area is 162 Å². The zero-order valence-corrected chi connectivity index (χ0v) is 14.8. The van der Waals surface area contributed by atoms with E-state index in [1.165, 1.54) is 4.90 Å². The van der Waals surface area contributed by atoms with Gasteiger partial charge < -0.3 is 41.7 Å². The Bertz CT molecular complexity index is 920. The average molecular weight is 412 g/mol. The van der Waals surface area contributed by atoms with Crippen LogP contribution in [0.5, 0.6) is 0 Å². The Morgan fingerprint density at radius 2 is 1.97 bits per heavy atom. The van der Waals surface area contributed by atoms with Crippen LogP contribution in [-0.2, 0) is 4.74 Å². The highest BCUT2D eigenvalue weighted by Gasteiger charge is 2.74. The van der Waals surface area contributed by atoms with Crippen LogP contribution in [0.1, 0.15) is 10.4 Å². The number of aliphatic imine (C=N–C) groups is 2. The smallest absolute Gasteiger partial charge is 0.344 e. The second-order valence-corrected chi connectivity index (χ2v) is 6.92. The van der Waals surface area contributed by atoms with Crippen molar-refractivity contribution in [2.75, 3.05) is 13.2 Å². The van der Waals surface area contributed by atoms with E-state index < -0.39 is 66.0 Å². The van der Waals surface area contributed by atoms with Gasteiger partial charge in [0, 0.05) is 0 Å².